The molecular formula is C14H14BrNO2S. The van der Waals surface area contributed by atoms with Crippen LogP contribution < -0.4 is 5.32 Å². The fourth-order valence-corrected chi connectivity index (χ4v) is 5.07. The summed E-state index contributed by atoms with van der Waals surface area (Å²) >= 11 is 3.40. The molecular weight excluding hydrogens is 326 g/mol. The Morgan fingerprint density at radius 1 is 1.32 bits per heavy atom. The summed E-state index contributed by atoms with van der Waals surface area (Å²) in [5.74, 6) is 0.347. The lowest BCUT2D eigenvalue weighted by molar-refractivity contribution is -0.118. The highest BCUT2D eigenvalue weighted by atomic mass is 79.9. The van der Waals surface area contributed by atoms with Crippen molar-refractivity contribution in [3.8, 4) is 0 Å². The van der Waals surface area contributed by atoms with Gasteiger partial charge in [-0.3, -0.25) is 9.00 Å². The monoisotopic (exact) mass is 339 g/mol. The van der Waals surface area contributed by atoms with E-state index >= 15 is 0 Å². The molecule has 2 aliphatic heterocycles. The van der Waals surface area contributed by atoms with Gasteiger partial charge in [0, 0.05) is 32.3 Å². The van der Waals surface area contributed by atoms with Crippen LogP contribution in [0.4, 0.5) is 5.69 Å². The van der Waals surface area contributed by atoms with E-state index in [1.165, 1.54) is 5.57 Å². The highest BCUT2D eigenvalue weighted by Gasteiger charge is 2.53. The molecule has 3 rings (SSSR count). The maximum absolute atomic E-state index is 12.6. The molecule has 0 saturated heterocycles. The van der Waals surface area contributed by atoms with Crippen LogP contribution in [0.1, 0.15) is 25.8 Å². The highest BCUT2D eigenvalue weighted by molar-refractivity contribution is 9.10. The smallest absolute Gasteiger partial charge is 0.248 e. The van der Waals surface area contributed by atoms with Gasteiger partial charge < -0.3 is 5.32 Å². The van der Waals surface area contributed by atoms with Crippen molar-refractivity contribution in [2.75, 3.05) is 11.1 Å². The molecule has 100 valence electrons. The fourth-order valence-electron chi connectivity index (χ4n) is 2.77. The Morgan fingerprint density at radius 2 is 2.05 bits per heavy atom. The predicted molar refractivity (Wildman–Crippen MR) is 80.5 cm³/mol. The first-order valence-electron chi connectivity index (χ1n) is 6.10. The van der Waals surface area contributed by atoms with Crippen molar-refractivity contribution in [2.45, 2.75) is 25.0 Å². The van der Waals surface area contributed by atoms with E-state index in [-0.39, 0.29) is 5.91 Å². The molecule has 2 heterocycles. The van der Waals surface area contributed by atoms with Crippen LogP contribution >= 0.6 is 15.9 Å². The summed E-state index contributed by atoms with van der Waals surface area (Å²) in [6.45, 7) is 4.02. The number of allylic oxidation sites excluding steroid dienone is 1. The van der Waals surface area contributed by atoms with E-state index < -0.39 is 15.5 Å². The molecule has 0 aromatic heterocycles. The predicted octanol–water partition coefficient (Wildman–Crippen LogP) is 3.09. The molecule has 5 heteroatoms. The van der Waals surface area contributed by atoms with Gasteiger partial charge >= 0.3 is 0 Å². The van der Waals surface area contributed by atoms with Crippen LogP contribution in [0.25, 0.3) is 0 Å². The van der Waals surface area contributed by atoms with Gasteiger partial charge in [0.2, 0.25) is 5.91 Å². The maximum Gasteiger partial charge on any atom is 0.248 e. The summed E-state index contributed by atoms with van der Waals surface area (Å²) in [6.07, 6.45) is 0.548. The first kappa shape index (κ1) is 13.1. The van der Waals surface area contributed by atoms with Crippen molar-refractivity contribution in [1.29, 1.82) is 0 Å². The number of benzene rings is 1. The minimum Gasteiger partial charge on any atom is -0.324 e. The summed E-state index contributed by atoms with van der Waals surface area (Å²) in [5.41, 5.74) is 3.96. The van der Waals surface area contributed by atoms with E-state index in [1.807, 2.05) is 32.0 Å². The zero-order valence-electron chi connectivity index (χ0n) is 10.7. The number of carbonyl (C=O) groups is 1. The van der Waals surface area contributed by atoms with Gasteiger partial charge in [-0.15, -0.1) is 0 Å². The van der Waals surface area contributed by atoms with E-state index in [1.54, 1.807) is 0 Å². The maximum atomic E-state index is 12.6. The molecule has 0 saturated carbocycles. The molecule has 19 heavy (non-hydrogen) atoms. The van der Waals surface area contributed by atoms with Crippen molar-refractivity contribution in [2.24, 2.45) is 0 Å². The number of nitrogens with one attached hydrogen (secondary N) is 1. The first-order valence-corrected chi connectivity index (χ1v) is 8.21. The molecule has 2 unspecified atom stereocenters. The van der Waals surface area contributed by atoms with Crippen LogP contribution in [0.15, 0.2) is 33.8 Å². The van der Waals surface area contributed by atoms with Gasteiger partial charge in [0.25, 0.3) is 0 Å². The van der Waals surface area contributed by atoms with Gasteiger partial charge in [-0.1, -0.05) is 33.1 Å². The standard InChI is InChI=1S/C14H14BrNO2S/c1-8-6-14(19(18)7-9(8)2)11-4-3-10(15)5-12(11)16-13(14)17/h3-5H,6-7H2,1-2H3,(H,16,17). The van der Waals surface area contributed by atoms with E-state index in [0.717, 1.165) is 21.3 Å². The summed E-state index contributed by atoms with van der Waals surface area (Å²) in [7, 11) is -1.21. The van der Waals surface area contributed by atoms with E-state index in [2.05, 4.69) is 21.2 Å². The zero-order chi connectivity index (χ0) is 13.8. The number of amides is 1. The molecule has 2 atom stereocenters. The third-order valence-electron chi connectivity index (χ3n) is 4.01. The Labute approximate surface area is 123 Å². The van der Waals surface area contributed by atoms with Crippen molar-refractivity contribution < 1.29 is 9.00 Å². The Hall–Kier alpha value is -0.940. The minimum absolute atomic E-state index is 0.134. The lowest BCUT2D eigenvalue weighted by Crippen LogP contribution is -2.42. The molecule has 0 radical (unpaired) electrons. The van der Waals surface area contributed by atoms with E-state index in [4.69, 9.17) is 0 Å². The molecule has 1 spiro atoms. The number of rotatable bonds is 0. The number of anilines is 1. The summed E-state index contributed by atoms with van der Waals surface area (Å²) in [6, 6.07) is 5.68. The first-order chi connectivity index (χ1) is 8.95. The van der Waals surface area contributed by atoms with Crippen molar-refractivity contribution >= 4 is 38.3 Å². The normalized spacial score (nSPS) is 29.6. The second-order valence-corrected chi connectivity index (χ2v) is 7.79. The summed E-state index contributed by atoms with van der Waals surface area (Å²) < 4.78 is 12.7. The molecule has 0 aliphatic carbocycles. The molecule has 2 aliphatic rings. The topological polar surface area (TPSA) is 46.2 Å². The van der Waals surface area contributed by atoms with Crippen LogP contribution in [0, 0.1) is 0 Å². The second-order valence-electron chi connectivity index (χ2n) is 5.20. The fraction of sp³-hybridized carbons (Fsp3) is 0.357. The average Bonchev–Trinajstić information content (AvgIpc) is 2.60. The lowest BCUT2D eigenvalue weighted by atomic mass is 9.90. The van der Waals surface area contributed by atoms with Crippen molar-refractivity contribution in [3.05, 3.63) is 39.4 Å². The quantitative estimate of drug-likeness (QED) is 0.738. The molecule has 1 N–H and O–H groups in total. The SMILES string of the molecule is CC1=C(C)CC2(C(=O)Nc3cc(Br)ccc32)S(=O)C1. The Bertz CT molecular complexity index is 653. The largest absolute Gasteiger partial charge is 0.324 e. The summed E-state index contributed by atoms with van der Waals surface area (Å²) in [4.78, 5) is 12.4. The van der Waals surface area contributed by atoms with Crippen LogP contribution in [0.2, 0.25) is 0 Å². The van der Waals surface area contributed by atoms with E-state index in [0.29, 0.717) is 12.2 Å². The third kappa shape index (κ3) is 1.75. The minimum atomic E-state index is -1.21. The van der Waals surface area contributed by atoms with Gasteiger partial charge in [-0.2, -0.15) is 0 Å². The van der Waals surface area contributed by atoms with Crippen LogP contribution in [0.3, 0.4) is 0 Å². The number of hydrogen-bond acceptors (Lipinski definition) is 2. The molecule has 0 bridgehead atoms. The molecule has 1 amide bonds. The Morgan fingerprint density at radius 3 is 2.79 bits per heavy atom. The Balaban J connectivity index is 2.21. The average molecular weight is 340 g/mol. The number of carbonyl (C=O) groups excluding carboxylic acids is 1. The molecule has 1 aromatic carbocycles. The van der Waals surface area contributed by atoms with E-state index in [9.17, 15) is 9.00 Å². The number of halogens is 1. The number of hydrogen-bond donors (Lipinski definition) is 1. The van der Waals surface area contributed by atoms with Gasteiger partial charge in [0.1, 0.15) is 0 Å². The summed E-state index contributed by atoms with van der Waals surface area (Å²) in [5, 5.41) is 2.88. The molecule has 0 fully saturated rings. The Kier molecular flexibility index (Phi) is 2.94. The van der Waals surface area contributed by atoms with Crippen LogP contribution in [-0.2, 0) is 20.3 Å². The number of fused-ring (bicyclic) bond motifs is 2. The van der Waals surface area contributed by atoms with Crippen LogP contribution in [-0.4, -0.2) is 15.9 Å². The highest BCUT2D eigenvalue weighted by Crippen LogP contribution is 2.48. The van der Waals surface area contributed by atoms with Gasteiger partial charge in [0.05, 0.1) is 0 Å². The van der Waals surface area contributed by atoms with Crippen molar-refractivity contribution in [3.63, 3.8) is 0 Å². The lowest BCUT2D eigenvalue weighted by Gasteiger charge is -2.32. The van der Waals surface area contributed by atoms with Gasteiger partial charge in [0.15, 0.2) is 4.75 Å². The third-order valence-corrected chi connectivity index (χ3v) is 6.53. The van der Waals surface area contributed by atoms with Crippen LogP contribution in [0.5, 0.6) is 0 Å². The van der Waals surface area contributed by atoms with Gasteiger partial charge in [-0.05, 0) is 32.4 Å². The van der Waals surface area contributed by atoms with Gasteiger partial charge in [-0.25, -0.2) is 0 Å². The zero-order valence-corrected chi connectivity index (χ0v) is 13.2. The molecule has 3 nitrogen and oxygen atoms in total. The second kappa shape index (κ2) is 4.28. The van der Waals surface area contributed by atoms with Crippen molar-refractivity contribution in [1.82, 2.24) is 0 Å². The molecule has 1 aromatic rings.